The molecule has 0 bridgehead atoms. The molecule has 2 aromatic rings. The molecule has 0 saturated carbocycles. The Labute approximate surface area is 150 Å². The van der Waals surface area contributed by atoms with Crippen molar-refractivity contribution in [2.75, 3.05) is 11.9 Å². The number of nitrogens with one attached hydrogen (secondary N) is 1. The monoisotopic (exact) mass is 391 g/mol. The first-order valence-corrected chi connectivity index (χ1v) is 7.63. The molecule has 1 N–H and O–H groups in total. The normalized spacial score (nSPS) is 11.3. The van der Waals surface area contributed by atoms with Gasteiger partial charge >= 0.3 is 17.9 Å². The number of nitro groups is 1. The molecule has 12 heteroatoms. The molecule has 0 amide bonds. The topological polar surface area (TPSA) is 103 Å². The van der Waals surface area contributed by atoms with Crippen LogP contribution in [0.5, 0.6) is 6.01 Å². The summed E-state index contributed by atoms with van der Waals surface area (Å²) in [5.41, 5.74) is -1.87. The highest BCUT2D eigenvalue weighted by Crippen LogP contribution is 2.33. The zero-order valence-corrected chi connectivity index (χ0v) is 14.4. The maximum absolute atomic E-state index is 13.1. The molecule has 140 valence electrons. The minimum absolute atomic E-state index is 0.0150. The maximum Gasteiger partial charge on any atom is 0.433 e. The summed E-state index contributed by atoms with van der Waals surface area (Å²) in [5, 5.41) is 13.4. The summed E-state index contributed by atoms with van der Waals surface area (Å²) in [5.74, 6) is -0.256. The van der Waals surface area contributed by atoms with Crippen molar-refractivity contribution >= 4 is 23.1 Å². The molecule has 2 rings (SSSR count). The molecule has 0 spiro atoms. The van der Waals surface area contributed by atoms with Crippen LogP contribution in [0, 0.1) is 17.0 Å². The van der Waals surface area contributed by atoms with Gasteiger partial charge in [-0.25, -0.2) is 4.98 Å². The molecule has 0 fully saturated rings. The van der Waals surface area contributed by atoms with Gasteiger partial charge in [0, 0.05) is 12.1 Å². The third kappa shape index (κ3) is 4.48. The fraction of sp³-hybridized carbons (Fsp3) is 0.357. The SMILES string of the molecule is CCOc1nc(C)c([N+](=O)[O-])c(NCc2ccc(Cl)nc2C(F)(F)F)n1. The van der Waals surface area contributed by atoms with Gasteiger partial charge in [0.15, 0.2) is 5.69 Å². The highest BCUT2D eigenvalue weighted by atomic mass is 35.5. The Bertz CT molecular complexity index is 832. The molecule has 0 aliphatic heterocycles. The van der Waals surface area contributed by atoms with Crippen LogP contribution >= 0.6 is 11.6 Å². The second-order valence-electron chi connectivity index (χ2n) is 4.97. The van der Waals surface area contributed by atoms with Crippen LogP contribution < -0.4 is 10.1 Å². The maximum atomic E-state index is 13.1. The Morgan fingerprint density at radius 3 is 2.58 bits per heavy atom. The standard InChI is InChI=1S/C14H13ClF3N5O3/c1-3-26-13-20-7(2)10(23(24)25)12(22-13)19-6-8-4-5-9(15)21-11(8)14(16,17)18/h4-5H,3,6H2,1-2H3,(H,19,20,22). The molecule has 0 saturated heterocycles. The van der Waals surface area contributed by atoms with Crippen LogP contribution in [0.1, 0.15) is 23.9 Å². The highest BCUT2D eigenvalue weighted by Gasteiger charge is 2.35. The number of halogens is 4. The number of hydrogen-bond donors (Lipinski definition) is 1. The molecule has 0 radical (unpaired) electrons. The van der Waals surface area contributed by atoms with Crippen LogP contribution in [0.2, 0.25) is 5.15 Å². The van der Waals surface area contributed by atoms with Gasteiger partial charge < -0.3 is 10.1 Å². The first-order chi connectivity index (χ1) is 12.1. The molecule has 8 nitrogen and oxygen atoms in total. The Hall–Kier alpha value is -2.69. The average molecular weight is 392 g/mol. The summed E-state index contributed by atoms with van der Waals surface area (Å²) in [4.78, 5) is 21.5. The van der Waals surface area contributed by atoms with Gasteiger partial charge in [0.25, 0.3) is 0 Å². The Kier molecular flexibility index (Phi) is 5.80. The molecule has 26 heavy (non-hydrogen) atoms. The number of pyridine rings is 1. The lowest BCUT2D eigenvalue weighted by Crippen LogP contribution is -2.15. The number of aryl methyl sites for hydroxylation is 1. The van der Waals surface area contributed by atoms with E-state index in [1.165, 1.54) is 13.0 Å². The van der Waals surface area contributed by atoms with Crippen molar-refractivity contribution in [3.8, 4) is 6.01 Å². The van der Waals surface area contributed by atoms with Gasteiger partial charge in [0.2, 0.25) is 5.82 Å². The molecular formula is C14H13ClF3N5O3. The van der Waals surface area contributed by atoms with Crippen LogP contribution in [0.25, 0.3) is 0 Å². The Morgan fingerprint density at radius 2 is 2.00 bits per heavy atom. The number of hydrogen-bond acceptors (Lipinski definition) is 7. The lowest BCUT2D eigenvalue weighted by molar-refractivity contribution is -0.385. The van der Waals surface area contributed by atoms with Crippen LogP contribution in [-0.4, -0.2) is 26.5 Å². The predicted molar refractivity (Wildman–Crippen MR) is 86.2 cm³/mol. The minimum Gasteiger partial charge on any atom is -0.464 e. The summed E-state index contributed by atoms with van der Waals surface area (Å²) < 4.78 is 44.4. The Morgan fingerprint density at radius 1 is 1.31 bits per heavy atom. The van der Waals surface area contributed by atoms with Crippen molar-refractivity contribution in [2.24, 2.45) is 0 Å². The lowest BCUT2D eigenvalue weighted by atomic mass is 10.2. The van der Waals surface area contributed by atoms with Crippen molar-refractivity contribution in [1.29, 1.82) is 0 Å². The van der Waals surface area contributed by atoms with E-state index in [2.05, 4.69) is 20.3 Å². The molecule has 0 unspecified atom stereocenters. The number of anilines is 1. The van der Waals surface area contributed by atoms with Gasteiger partial charge in [0.05, 0.1) is 11.5 Å². The van der Waals surface area contributed by atoms with Crippen LogP contribution in [-0.2, 0) is 12.7 Å². The van der Waals surface area contributed by atoms with E-state index >= 15 is 0 Å². The predicted octanol–water partition coefficient (Wildman–Crippen LogP) is 3.77. The number of alkyl halides is 3. The van der Waals surface area contributed by atoms with Gasteiger partial charge in [-0.15, -0.1) is 0 Å². The van der Waals surface area contributed by atoms with Crippen LogP contribution in [0.3, 0.4) is 0 Å². The zero-order chi connectivity index (χ0) is 19.5. The third-order valence-corrected chi connectivity index (χ3v) is 3.36. The summed E-state index contributed by atoms with van der Waals surface area (Å²) in [6.07, 6.45) is -4.73. The molecule has 0 aliphatic rings. The average Bonchev–Trinajstić information content (AvgIpc) is 2.52. The molecule has 0 atom stereocenters. The quantitative estimate of drug-likeness (QED) is 0.454. The van der Waals surface area contributed by atoms with Gasteiger partial charge in [-0.3, -0.25) is 10.1 Å². The minimum atomic E-state index is -4.73. The van der Waals surface area contributed by atoms with E-state index in [0.717, 1.165) is 6.07 Å². The van der Waals surface area contributed by atoms with E-state index in [4.69, 9.17) is 16.3 Å². The number of ether oxygens (including phenoxy) is 1. The van der Waals surface area contributed by atoms with Gasteiger partial charge in [0.1, 0.15) is 10.8 Å². The van der Waals surface area contributed by atoms with Gasteiger partial charge in [-0.2, -0.15) is 23.1 Å². The second-order valence-corrected chi connectivity index (χ2v) is 5.36. The van der Waals surface area contributed by atoms with Crippen LogP contribution in [0.4, 0.5) is 24.7 Å². The van der Waals surface area contributed by atoms with E-state index in [1.54, 1.807) is 6.92 Å². The van der Waals surface area contributed by atoms with Crippen molar-refractivity contribution in [3.63, 3.8) is 0 Å². The summed E-state index contributed by atoms with van der Waals surface area (Å²) in [6, 6.07) is 2.21. The fourth-order valence-electron chi connectivity index (χ4n) is 2.11. The number of rotatable bonds is 6. The zero-order valence-electron chi connectivity index (χ0n) is 13.6. The van der Waals surface area contributed by atoms with E-state index in [-0.39, 0.29) is 34.8 Å². The summed E-state index contributed by atoms with van der Waals surface area (Å²) in [7, 11) is 0. The van der Waals surface area contributed by atoms with E-state index < -0.39 is 29.0 Å². The summed E-state index contributed by atoms with van der Waals surface area (Å²) in [6.45, 7) is 2.85. The first kappa shape index (κ1) is 19.6. The van der Waals surface area contributed by atoms with E-state index in [0.29, 0.717) is 0 Å². The first-order valence-electron chi connectivity index (χ1n) is 7.25. The smallest absolute Gasteiger partial charge is 0.433 e. The van der Waals surface area contributed by atoms with E-state index in [1.807, 2.05) is 0 Å². The Balaban J connectivity index is 2.39. The molecule has 0 aliphatic carbocycles. The van der Waals surface area contributed by atoms with Gasteiger partial charge in [-0.05, 0) is 19.9 Å². The number of aromatic nitrogens is 3. The summed E-state index contributed by atoms with van der Waals surface area (Å²) >= 11 is 5.53. The molecule has 2 heterocycles. The highest BCUT2D eigenvalue weighted by molar-refractivity contribution is 6.29. The molecular weight excluding hydrogens is 379 g/mol. The van der Waals surface area contributed by atoms with E-state index in [9.17, 15) is 23.3 Å². The number of nitrogens with zero attached hydrogens (tertiary/aromatic N) is 4. The second kappa shape index (κ2) is 7.68. The lowest BCUT2D eigenvalue weighted by Gasteiger charge is -2.14. The van der Waals surface area contributed by atoms with Crippen LogP contribution in [0.15, 0.2) is 12.1 Å². The largest absolute Gasteiger partial charge is 0.464 e. The third-order valence-electron chi connectivity index (χ3n) is 3.15. The fourth-order valence-corrected chi connectivity index (χ4v) is 2.26. The molecule has 2 aromatic heterocycles. The van der Waals surface area contributed by atoms with Crippen molar-refractivity contribution in [2.45, 2.75) is 26.6 Å². The van der Waals surface area contributed by atoms with Gasteiger partial charge in [-0.1, -0.05) is 17.7 Å². The molecule has 0 aromatic carbocycles. The van der Waals surface area contributed by atoms with Crippen molar-refractivity contribution in [3.05, 3.63) is 44.4 Å². The van der Waals surface area contributed by atoms with Crippen molar-refractivity contribution < 1.29 is 22.8 Å². The van der Waals surface area contributed by atoms with Crippen molar-refractivity contribution in [1.82, 2.24) is 15.0 Å².